The van der Waals surface area contributed by atoms with E-state index < -0.39 is 23.6 Å². The van der Waals surface area contributed by atoms with E-state index in [0.717, 1.165) is 38.2 Å². The molecule has 0 aliphatic carbocycles. The summed E-state index contributed by atoms with van der Waals surface area (Å²) >= 11 is 6.33. The lowest BCUT2D eigenvalue weighted by Crippen LogP contribution is -2.28. The molecule has 1 aromatic rings. The van der Waals surface area contributed by atoms with Crippen molar-refractivity contribution in [3.63, 3.8) is 0 Å². The van der Waals surface area contributed by atoms with Crippen molar-refractivity contribution >= 4 is 29.2 Å². The summed E-state index contributed by atoms with van der Waals surface area (Å²) in [6.07, 6.45) is 14.4. The number of amides is 1. The topological polar surface area (TPSA) is 117 Å². The van der Waals surface area contributed by atoms with E-state index in [1.165, 1.54) is 6.08 Å². The van der Waals surface area contributed by atoms with Crippen molar-refractivity contribution in [2.75, 3.05) is 13.2 Å². The summed E-state index contributed by atoms with van der Waals surface area (Å²) in [7, 11) is 0. The third-order valence-corrected chi connectivity index (χ3v) is 5.90. The molecule has 1 heterocycles. The van der Waals surface area contributed by atoms with Gasteiger partial charge in [-0.15, -0.1) is 0 Å². The molecule has 2 rings (SSSR count). The van der Waals surface area contributed by atoms with Crippen molar-refractivity contribution in [3.8, 4) is 11.5 Å². The quantitative estimate of drug-likeness (QED) is 0.175. The Kier molecular flexibility index (Phi) is 12.6. The molecule has 1 amide bonds. The van der Waals surface area contributed by atoms with E-state index in [-0.39, 0.29) is 35.1 Å². The zero-order valence-electron chi connectivity index (χ0n) is 20.7. The number of esters is 1. The first-order valence-corrected chi connectivity index (χ1v) is 12.6. The van der Waals surface area contributed by atoms with Crippen LogP contribution in [0.2, 0.25) is 5.02 Å². The van der Waals surface area contributed by atoms with E-state index >= 15 is 0 Å². The number of aromatic hydroxyl groups is 2. The molecule has 8 nitrogen and oxygen atoms in total. The second-order valence-corrected chi connectivity index (χ2v) is 8.77. The number of allylic oxidation sites excluding steroid dienone is 3. The number of ether oxygens (including phenoxy) is 1. The van der Waals surface area contributed by atoms with Crippen molar-refractivity contribution in [2.24, 2.45) is 5.16 Å². The van der Waals surface area contributed by atoms with Crippen molar-refractivity contribution in [1.29, 1.82) is 0 Å². The third-order valence-electron chi connectivity index (χ3n) is 5.48. The van der Waals surface area contributed by atoms with Gasteiger partial charge in [-0.1, -0.05) is 73.8 Å². The highest BCUT2D eigenvalue weighted by molar-refractivity contribution is 6.33. The Balaban J connectivity index is 2.27. The Bertz CT molecular complexity index is 1000. The van der Waals surface area contributed by atoms with Crippen molar-refractivity contribution in [2.45, 2.75) is 64.4 Å². The molecule has 0 aromatic heterocycles. The van der Waals surface area contributed by atoms with Crippen LogP contribution in [0.5, 0.6) is 11.5 Å². The fourth-order valence-electron chi connectivity index (χ4n) is 3.53. The van der Waals surface area contributed by atoms with E-state index in [2.05, 4.69) is 24.0 Å². The van der Waals surface area contributed by atoms with E-state index in [1.807, 2.05) is 18.2 Å². The van der Waals surface area contributed by atoms with Crippen LogP contribution in [0.25, 0.3) is 0 Å². The lowest BCUT2D eigenvalue weighted by molar-refractivity contribution is -0.125. The third kappa shape index (κ3) is 9.41. The molecule has 0 radical (unpaired) electrons. The lowest BCUT2D eigenvalue weighted by Gasteiger charge is -2.17. The van der Waals surface area contributed by atoms with Gasteiger partial charge in [0.15, 0.2) is 6.61 Å². The van der Waals surface area contributed by atoms with Crippen LogP contribution in [-0.2, 0) is 20.8 Å². The summed E-state index contributed by atoms with van der Waals surface area (Å²) in [5.74, 6) is -1.98. The Labute approximate surface area is 217 Å². The number of cyclic esters (lactones) is 1. The molecule has 196 valence electrons. The minimum absolute atomic E-state index is 0.0606. The SMILES string of the molecule is C=C[C@@H]1C/C=C/CC/C=C/C(=N/OCC(=O)NCCCCCC)Cc2c(Cl)c(O)cc(O)c2C(=O)O1. The molecule has 36 heavy (non-hydrogen) atoms. The molecule has 0 saturated carbocycles. The maximum absolute atomic E-state index is 13.0. The first kappa shape index (κ1) is 29.0. The molecular formula is C27H35ClN2O6. The summed E-state index contributed by atoms with van der Waals surface area (Å²) in [5.41, 5.74) is 0.284. The normalized spacial score (nSPS) is 19.4. The van der Waals surface area contributed by atoms with Gasteiger partial charge in [0.25, 0.3) is 5.91 Å². The lowest BCUT2D eigenvalue weighted by atomic mass is 9.99. The number of fused-ring (bicyclic) bond motifs is 1. The number of phenolic OH excluding ortho intramolecular Hbond substituents is 2. The molecule has 0 fully saturated rings. The Morgan fingerprint density at radius 2 is 2.03 bits per heavy atom. The molecule has 9 heteroatoms. The van der Waals surface area contributed by atoms with Crippen LogP contribution in [0.4, 0.5) is 0 Å². The number of unbranched alkanes of at least 4 members (excludes halogenated alkanes) is 3. The molecule has 1 atom stereocenters. The molecular weight excluding hydrogens is 484 g/mol. The van der Waals surface area contributed by atoms with Gasteiger partial charge >= 0.3 is 5.97 Å². The van der Waals surface area contributed by atoms with E-state index in [4.69, 9.17) is 21.2 Å². The molecule has 0 spiro atoms. The maximum atomic E-state index is 13.0. The fourth-order valence-corrected chi connectivity index (χ4v) is 3.75. The number of hydrogen-bond acceptors (Lipinski definition) is 7. The zero-order chi connectivity index (χ0) is 26.3. The number of hydrogen-bond donors (Lipinski definition) is 3. The number of phenols is 2. The molecule has 0 unspecified atom stereocenters. The number of rotatable bonds is 9. The number of nitrogens with one attached hydrogen (secondary N) is 1. The number of carbonyl (C=O) groups excluding carboxylic acids is 2. The van der Waals surface area contributed by atoms with Crippen LogP contribution in [0.3, 0.4) is 0 Å². The van der Waals surface area contributed by atoms with Crippen LogP contribution in [0.15, 0.2) is 48.2 Å². The van der Waals surface area contributed by atoms with Gasteiger partial charge in [0.2, 0.25) is 0 Å². The highest BCUT2D eigenvalue weighted by Gasteiger charge is 2.26. The Hall–Kier alpha value is -3.26. The van der Waals surface area contributed by atoms with E-state index in [1.54, 1.807) is 6.08 Å². The highest BCUT2D eigenvalue weighted by atomic mass is 35.5. The molecule has 1 aliphatic heterocycles. The number of carbonyl (C=O) groups is 2. The molecule has 3 N–H and O–H groups in total. The van der Waals surface area contributed by atoms with Gasteiger partial charge in [0, 0.05) is 25.5 Å². The van der Waals surface area contributed by atoms with Gasteiger partial charge in [0.05, 0.1) is 10.7 Å². The van der Waals surface area contributed by atoms with Crippen LogP contribution >= 0.6 is 11.6 Å². The van der Waals surface area contributed by atoms with Crippen molar-refractivity contribution in [3.05, 3.63) is 59.2 Å². The molecule has 0 saturated heterocycles. The summed E-state index contributed by atoms with van der Waals surface area (Å²) in [5, 5.41) is 27.4. The van der Waals surface area contributed by atoms with Gasteiger partial charge in [-0.3, -0.25) is 4.79 Å². The summed E-state index contributed by atoms with van der Waals surface area (Å²) < 4.78 is 5.51. The average molecular weight is 519 g/mol. The standard InChI is InChI=1S/C27H35ClN2O6/c1-3-5-6-12-15-29-24(33)18-35-30-19-13-10-8-7-9-11-14-20(4-2)36-27(34)25-21(16-19)26(28)23(32)17-22(25)31/h4,9-11,13,17,20,31-32H,2-3,5-8,12,14-16,18H2,1H3,(H,29,33)/b11-9+,13-10+,30-19-/t20-/m1/s1. The predicted molar refractivity (Wildman–Crippen MR) is 141 cm³/mol. The Morgan fingerprint density at radius 1 is 1.25 bits per heavy atom. The predicted octanol–water partition coefficient (Wildman–Crippen LogP) is 5.37. The van der Waals surface area contributed by atoms with Gasteiger partial charge in [-0.2, -0.15) is 0 Å². The monoisotopic (exact) mass is 518 g/mol. The molecule has 1 aliphatic rings. The first-order valence-electron chi connectivity index (χ1n) is 12.2. The maximum Gasteiger partial charge on any atom is 0.342 e. The number of benzene rings is 1. The highest BCUT2D eigenvalue weighted by Crippen LogP contribution is 2.37. The number of halogens is 1. The van der Waals surface area contributed by atoms with Crippen molar-refractivity contribution in [1.82, 2.24) is 5.32 Å². The molecule has 1 aromatic carbocycles. The Morgan fingerprint density at radius 3 is 2.78 bits per heavy atom. The largest absolute Gasteiger partial charge is 0.507 e. The fraction of sp³-hybridized carbons (Fsp3) is 0.444. The van der Waals surface area contributed by atoms with Crippen LogP contribution in [0.1, 0.15) is 67.8 Å². The van der Waals surface area contributed by atoms with E-state index in [0.29, 0.717) is 25.1 Å². The number of nitrogens with zero attached hydrogens (tertiary/aromatic N) is 1. The smallest absolute Gasteiger partial charge is 0.342 e. The van der Waals surface area contributed by atoms with Gasteiger partial charge < -0.3 is 25.1 Å². The van der Waals surface area contributed by atoms with Crippen LogP contribution < -0.4 is 5.32 Å². The second-order valence-electron chi connectivity index (χ2n) is 8.39. The average Bonchev–Trinajstić information content (AvgIpc) is 2.84. The first-order chi connectivity index (χ1) is 17.4. The van der Waals surface area contributed by atoms with Gasteiger partial charge in [-0.05, 0) is 30.9 Å². The van der Waals surface area contributed by atoms with E-state index in [9.17, 15) is 19.8 Å². The number of oxime groups is 1. The minimum atomic E-state index is -0.813. The summed E-state index contributed by atoms with van der Waals surface area (Å²) in [6.45, 7) is 6.12. The second kappa shape index (κ2) is 15.7. The van der Waals surface area contributed by atoms with Crippen LogP contribution in [-0.4, -0.2) is 47.1 Å². The minimum Gasteiger partial charge on any atom is -0.507 e. The van der Waals surface area contributed by atoms with Gasteiger partial charge in [0.1, 0.15) is 23.2 Å². The summed E-state index contributed by atoms with van der Waals surface area (Å²) in [4.78, 5) is 30.3. The van der Waals surface area contributed by atoms with Gasteiger partial charge in [-0.25, -0.2) is 4.79 Å². The van der Waals surface area contributed by atoms with Crippen LogP contribution in [0, 0.1) is 0 Å². The zero-order valence-corrected chi connectivity index (χ0v) is 21.4. The summed E-state index contributed by atoms with van der Waals surface area (Å²) in [6, 6.07) is 0.988. The molecule has 0 bridgehead atoms. The van der Waals surface area contributed by atoms with Crippen molar-refractivity contribution < 1.29 is 29.4 Å².